The number of amides is 1. The number of carbonyl (C=O) groups is 1. The summed E-state index contributed by atoms with van der Waals surface area (Å²) in [5.74, 6) is 1.09. The van der Waals surface area contributed by atoms with Crippen molar-refractivity contribution >= 4 is 17.5 Å². The number of rotatable bonds is 3. The predicted molar refractivity (Wildman–Crippen MR) is 105 cm³/mol. The zero-order valence-electron chi connectivity index (χ0n) is 15.9. The number of hydrogen-bond acceptors (Lipinski definition) is 6. The highest BCUT2D eigenvalue weighted by Crippen LogP contribution is 2.20. The number of aromatic nitrogens is 3. The molecule has 2 aromatic rings. The van der Waals surface area contributed by atoms with E-state index < -0.39 is 5.82 Å². The van der Waals surface area contributed by atoms with Crippen molar-refractivity contribution in [3.8, 4) is 0 Å². The topological polar surface area (TPSA) is 65.5 Å². The molecule has 0 saturated carbocycles. The van der Waals surface area contributed by atoms with Crippen molar-refractivity contribution in [3.05, 3.63) is 42.0 Å². The zero-order valence-corrected chi connectivity index (χ0v) is 15.9. The number of pyridine rings is 1. The van der Waals surface area contributed by atoms with Gasteiger partial charge in [-0.2, -0.15) is 0 Å². The largest absolute Gasteiger partial charge is 0.355 e. The van der Waals surface area contributed by atoms with E-state index in [1.54, 1.807) is 4.90 Å². The lowest BCUT2D eigenvalue weighted by Crippen LogP contribution is -2.49. The van der Waals surface area contributed by atoms with E-state index in [1.165, 1.54) is 37.9 Å². The van der Waals surface area contributed by atoms with Crippen molar-refractivity contribution < 1.29 is 9.18 Å². The van der Waals surface area contributed by atoms with Crippen LogP contribution in [-0.4, -0.2) is 65.3 Å². The summed E-state index contributed by atoms with van der Waals surface area (Å²) in [6.07, 6.45) is 7.50. The van der Waals surface area contributed by atoms with Crippen molar-refractivity contribution in [2.24, 2.45) is 0 Å². The summed E-state index contributed by atoms with van der Waals surface area (Å²) in [7, 11) is 0. The molecular weight excluding hydrogens is 359 g/mol. The fraction of sp³-hybridized carbons (Fsp3) is 0.500. The fourth-order valence-electron chi connectivity index (χ4n) is 3.81. The fourth-order valence-corrected chi connectivity index (χ4v) is 3.81. The lowest BCUT2D eigenvalue weighted by Gasteiger charge is -2.35. The van der Waals surface area contributed by atoms with Gasteiger partial charge in [0.2, 0.25) is 0 Å². The molecule has 4 heterocycles. The highest BCUT2D eigenvalue weighted by Gasteiger charge is 2.24. The van der Waals surface area contributed by atoms with Crippen LogP contribution in [0.15, 0.2) is 30.6 Å². The van der Waals surface area contributed by atoms with E-state index in [9.17, 15) is 9.18 Å². The number of halogens is 1. The molecule has 2 saturated heterocycles. The third kappa shape index (κ3) is 4.21. The summed E-state index contributed by atoms with van der Waals surface area (Å²) in [5, 5.41) is 8.85. The molecule has 2 aliphatic rings. The first-order chi connectivity index (χ1) is 13.7. The minimum absolute atomic E-state index is 0.186. The molecule has 0 N–H and O–H groups in total. The highest BCUT2D eigenvalue weighted by atomic mass is 19.1. The molecular formula is C20H25FN6O. The van der Waals surface area contributed by atoms with Gasteiger partial charge in [-0.25, -0.2) is 4.39 Å². The smallest absolute Gasteiger partial charge is 0.255 e. The molecule has 0 atom stereocenters. The van der Waals surface area contributed by atoms with Gasteiger partial charge in [-0.05, 0) is 31.0 Å². The average Bonchev–Trinajstić information content (AvgIpc) is 3.03. The van der Waals surface area contributed by atoms with E-state index in [2.05, 4.69) is 25.0 Å². The monoisotopic (exact) mass is 384 g/mol. The van der Waals surface area contributed by atoms with Crippen LogP contribution in [0.5, 0.6) is 0 Å². The van der Waals surface area contributed by atoms with Crippen LogP contribution in [0.4, 0.5) is 16.0 Å². The number of piperazine rings is 1. The summed E-state index contributed by atoms with van der Waals surface area (Å²) in [5.41, 5.74) is 0.287. The maximum atomic E-state index is 13.3. The molecule has 0 aliphatic carbocycles. The molecule has 0 spiro atoms. The average molecular weight is 384 g/mol. The second-order valence-corrected chi connectivity index (χ2v) is 7.32. The normalized spacial score (nSPS) is 18.1. The van der Waals surface area contributed by atoms with Crippen LogP contribution >= 0.6 is 0 Å². The van der Waals surface area contributed by atoms with Crippen molar-refractivity contribution in [2.75, 3.05) is 49.1 Å². The van der Waals surface area contributed by atoms with Gasteiger partial charge in [-0.1, -0.05) is 12.8 Å². The molecule has 1 amide bonds. The first-order valence-corrected chi connectivity index (χ1v) is 9.94. The Labute approximate surface area is 164 Å². The quantitative estimate of drug-likeness (QED) is 0.809. The molecule has 8 heteroatoms. The molecule has 2 aromatic heterocycles. The molecule has 0 radical (unpaired) electrons. The highest BCUT2D eigenvalue weighted by molar-refractivity contribution is 5.94. The van der Waals surface area contributed by atoms with Gasteiger partial charge in [0.15, 0.2) is 11.6 Å². The molecule has 28 heavy (non-hydrogen) atoms. The summed E-state index contributed by atoms with van der Waals surface area (Å²) in [6.45, 7) is 4.56. The minimum Gasteiger partial charge on any atom is -0.355 e. The Balaban J connectivity index is 1.35. The molecule has 0 aromatic carbocycles. The van der Waals surface area contributed by atoms with E-state index in [0.29, 0.717) is 26.2 Å². The molecule has 0 bridgehead atoms. The Morgan fingerprint density at radius 1 is 0.821 bits per heavy atom. The Morgan fingerprint density at radius 3 is 2.00 bits per heavy atom. The van der Waals surface area contributed by atoms with Crippen LogP contribution in [0.25, 0.3) is 0 Å². The van der Waals surface area contributed by atoms with Gasteiger partial charge >= 0.3 is 0 Å². The van der Waals surface area contributed by atoms with Crippen molar-refractivity contribution in [2.45, 2.75) is 25.7 Å². The summed E-state index contributed by atoms with van der Waals surface area (Å²) in [4.78, 5) is 22.4. The van der Waals surface area contributed by atoms with Crippen LogP contribution in [0.1, 0.15) is 36.0 Å². The van der Waals surface area contributed by atoms with Gasteiger partial charge in [-0.15, -0.1) is 10.2 Å². The van der Waals surface area contributed by atoms with Crippen molar-refractivity contribution in [1.29, 1.82) is 0 Å². The second kappa shape index (κ2) is 8.50. The number of carbonyl (C=O) groups excluding carboxylic acids is 1. The third-order valence-corrected chi connectivity index (χ3v) is 5.41. The van der Waals surface area contributed by atoms with E-state index >= 15 is 0 Å². The van der Waals surface area contributed by atoms with Crippen LogP contribution < -0.4 is 9.80 Å². The first-order valence-electron chi connectivity index (χ1n) is 9.94. The lowest BCUT2D eigenvalue weighted by atomic mass is 10.2. The minimum atomic E-state index is -0.496. The van der Waals surface area contributed by atoms with Gasteiger partial charge in [-0.3, -0.25) is 9.78 Å². The van der Waals surface area contributed by atoms with Crippen molar-refractivity contribution in [1.82, 2.24) is 20.1 Å². The molecule has 2 aliphatic heterocycles. The van der Waals surface area contributed by atoms with E-state index in [-0.39, 0.29) is 11.5 Å². The zero-order chi connectivity index (χ0) is 19.3. The Kier molecular flexibility index (Phi) is 5.64. The second-order valence-electron chi connectivity index (χ2n) is 7.32. The van der Waals surface area contributed by atoms with Gasteiger partial charge in [0.1, 0.15) is 5.82 Å². The molecule has 7 nitrogen and oxygen atoms in total. The molecule has 148 valence electrons. The number of hydrogen-bond donors (Lipinski definition) is 0. The lowest BCUT2D eigenvalue weighted by molar-refractivity contribution is 0.0745. The van der Waals surface area contributed by atoms with Gasteiger partial charge in [0, 0.05) is 45.5 Å². The number of nitrogens with zero attached hydrogens (tertiary/aromatic N) is 6. The summed E-state index contributed by atoms with van der Waals surface area (Å²) >= 11 is 0. The van der Waals surface area contributed by atoms with Gasteiger partial charge in [0.05, 0.1) is 11.8 Å². The first kappa shape index (κ1) is 18.6. The van der Waals surface area contributed by atoms with Crippen molar-refractivity contribution in [3.63, 3.8) is 0 Å². The van der Waals surface area contributed by atoms with E-state index in [4.69, 9.17) is 0 Å². The maximum Gasteiger partial charge on any atom is 0.255 e. The van der Waals surface area contributed by atoms with Gasteiger partial charge in [0.25, 0.3) is 5.91 Å². The Hall–Kier alpha value is -2.77. The Morgan fingerprint density at radius 2 is 1.43 bits per heavy atom. The van der Waals surface area contributed by atoms with Crippen LogP contribution in [0.2, 0.25) is 0 Å². The van der Waals surface area contributed by atoms with E-state index in [1.807, 2.05) is 12.1 Å². The molecule has 0 unspecified atom stereocenters. The number of anilines is 2. The predicted octanol–water partition coefficient (Wildman–Crippen LogP) is 2.35. The summed E-state index contributed by atoms with van der Waals surface area (Å²) < 4.78 is 13.3. The molecule has 2 fully saturated rings. The Bertz CT molecular complexity index is 799. The van der Waals surface area contributed by atoms with Crippen LogP contribution in [-0.2, 0) is 0 Å². The van der Waals surface area contributed by atoms with Gasteiger partial charge < -0.3 is 14.7 Å². The third-order valence-electron chi connectivity index (χ3n) is 5.41. The van der Waals surface area contributed by atoms with E-state index in [0.717, 1.165) is 30.9 Å². The molecule has 4 rings (SSSR count). The van der Waals surface area contributed by atoms with Crippen LogP contribution in [0.3, 0.4) is 0 Å². The standard InChI is InChI=1S/C20H25FN6O/c21-17-13-16(14-22-15-17)20(28)27-11-9-26(10-12-27)19-6-5-18(23-24-19)25-7-3-1-2-4-8-25/h5-6,13-15H,1-4,7-12H2. The summed E-state index contributed by atoms with van der Waals surface area (Å²) in [6, 6.07) is 5.29. The maximum absolute atomic E-state index is 13.3. The SMILES string of the molecule is O=C(c1cncc(F)c1)N1CCN(c2ccc(N3CCCCCC3)nn2)CC1. The van der Waals surface area contributed by atoms with Crippen LogP contribution in [0, 0.1) is 5.82 Å².